The van der Waals surface area contributed by atoms with Crippen molar-refractivity contribution in [2.24, 2.45) is 0 Å². The van der Waals surface area contributed by atoms with Crippen molar-refractivity contribution in [1.82, 2.24) is 9.55 Å². The maximum atomic E-state index is 14.0. The van der Waals surface area contributed by atoms with Crippen molar-refractivity contribution in [3.8, 4) is 16.9 Å². The van der Waals surface area contributed by atoms with Crippen molar-refractivity contribution in [2.45, 2.75) is 6.54 Å². The van der Waals surface area contributed by atoms with Crippen molar-refractivity contribution in [2.75, 3.05) is 7.11 Å². The van der Waals surface area contributed by atoms with Crippen LogP contribution in [0.15, 0.2) is 60.8 Å². The first kappa shape index (κ1) is 17.8. The van der Waals surface area contributed by atoms with E-state index in [1.807, 2.05) is 41.1 Å². The summed E-state index contributed by atoms with van der Waals surface area (Å²) < 4.78 is 21.2. The Morgan fingerprint density at radius 3 is 2.52 bits per heavy atom. The molecule has 0 atom stereocenters. The molecule has 0 aliphatic heterocycles. The molecule has 0 saturated carbocycles. The highest BCUT2D eigenvalue weighted by Crippen LogP contribution is 2.33. The first-order chi connectivity index (χ1) is 13.0. The summed E-state index contributed by atoms with van der Waals surface area (Å²) in [6.07, 6.45) is 1.96. The first-order valence-electron chi connectivity index (χ1n) is 8.29. The third-order valence-corrected chi connectivity index (χ3v) is 4.95. The van der Waals surface area contributed by atoms with Crippen LogP contribution in [0.1, 0.15) is 5.56 Å². The van der Waals surface area contributed by atoms with Crippen molar-refractivity contribution in [1.29, 1.82) is 0 Å². The molecule has 4 rings (SSSR count). The highest BCUT2D eigenvalue weighted by atomic mass is 35.5. The number of halogens is 3. The lowest BCUT2D eigenvalue weighted by molar-refractivity contribution is 0.414. The number of benzene rings is 2. The van der Waals surface area contributed by atoms with Crippen LogP contribution in [0.5, 0.6) is 5.75 Å². The number of nitrogens with zero attached hydrogens (tertiary/aromatic N) is 2. The lowest BCUT2D eigenvalue weighted by atomic mass is 10.1. The number of methoxy groups -OCH3 is 1. The number of fused-ring (bicyclic) bond motifs is 1. The highest BCUT2D eigenvalue weighted by molar-refractivity contribution is 6.31. The molecule has 3 nitrogen and oxygen atoms in total. The van der Waals surface area contributed by atoms with Crippen LogP contribution in [0.3, 0.4) is 0 Å². The van der Waals surface area contributed by atoms with Crippen molar-refractivity contribution in [3.63, 3.8) is 0 Å². The van der Waals surface area contributed by atoms with Gasteiger partial charge in [0.05, 0.1) is 12.1 Å². The van der Waals surface area contributed by atoms with Gasteiger partial charge in [-0.2, -0.15) is 0 Å². The molecule has 2 aromatic carbocycles. The molecular weight excluding hydrogens is 386 g/mol. The standard InChI is InChI=1S/C21H15Cl2FN2O/c1-27-15-5-2-13(3-6-15)11-26-12-17(14-4-8-18(22)19(24)10-14)16-7-9-20(23)25-21(16)26/h2-10,12H,11H2,1H3. The molecule has 0 N–H and O–H groups in total. The van der Waals surface area contributed by atoms with E-state index in [9.17, 15) is 4.39 Å². The van der Waals surface area contributed by atoms with Crippen LogP contribution in [-0.4, -0.2) is 16.7 Å². The molecule has 0 bridgehead atoms. The molecule has 6 heteroatoms. The second-order valence-electron chi connectivity index (χ2n) is 6.15. The van der Waals surface area contributed by atoms with Gasteiger partial charge in [-0.25, -0.2) is 9.37 Å². The van der Waals surface area contributed by atoms with Gasteiger partial charge in [0.2, 0.25) is 0 Å². The van der Waals surface area contributed by atoms with Crippen molar-refractivity contribution < 1.29 is 9.13 Å². The first-order valence-corrected chi connectivity index (χ1v) is 9.04. The number of hydrogen-bond donors (Lipinski definition) is 0. The Hall–Kier alpha value is -2.56. The van der Waals surface area contributed by atoms with E-state index >= 15 is 0 Å². The van der Waals surface area contributed by atoms with E-state index in [1.165, 1.54) is 6.07 Å². The minimum atomic E-state index is -0.452. The zero-order valence-corrected chi connectivity index (χ0v) is 15.9. The highest BCUT2D eigenvalue weighted by Gasteiger charge is 2.14. The van der Waals surface area contributed by atoms with Crippen LogP contribution in [0.4, 0.5) is 4.39 Å². The predicted octanol–water partition coefficient (Wildman–Crippen LogP) is 6.21. The summed E-state index contributed by atoms with van der Waals surface area (Å²) in [6.45, 7) is 0.601. The average Bonchev–Trinajstić information content (AvgIpc) is 3.02. The fourth-order valence-corrected chi connectivity index (χ4v) is 3.34. The van der Waals surface area contributed by atoms with Gasteiger partial charge in [-0.05, 0) is 47.5 Å². The second kappa shape index (κ2) is 7.22. The van der Waals surface area contributed by atoms with Gasteiger partial charge in [-0.15, -0.1) is 0 Å². The molecular formula is C21H15Cl2FN2O. The molecule has 27 heavy (non-hydrogen) atoms. The summed E-state index contributed by atoms with van der Waals surface area (Å²) in [6, 6.07) is 16.2. The second-order valence-corrected chi connectivity index (χ2v) is 6.95. The van der Waals surface area contributed by atoms with E-state index in [4.69, 9.17) is 27.9 Å². The Labute approximate surface area is 165 Å². The summed E-state index contributed by atoms with van der Waals surface area (Å²) in [5, 5.41) is 1.40. The molecule has 0 aliphatic rings. The lowest BCUT2D eigenvalue weighted by Gasteiger charge is -2.06. The largest absolute Gasteiger partial charge is 0.497 e. The third kappa shape index (κ3) is 3.51. The molecule has 4 aromatic rings. The molecule has 0 unspecified atom stereocenters. The third-order valence-electron chi connectivity index (χ3n) is 4.43. The predicted molar refractivity (Wildman–Crippen MR) is 107 cm³/mol. The molecule has 2 heterocycles. The van der Waals surface area contributed by atoms with Gasteiger partial charge in [0, 0.05) is 23.7 Å². The van der Waals surface area contributed by atoms with Gasteiger partial charge in [-0.1, -0.05) is 41.4 Å². The van der Waals surface area contributed by atoms with E-state index in [0.717, 1.165) is 33.5 Å². The van der Waals surface area contributed by atoms with E-state index in [-0.39, 0.29) is 5.02 Å². The molecule has 0 saturated heterocycles. The monoisotopic (exact) mass is 400 g/mol. The summed E-state index contributed by atoms with van der Waals surface area (Å²) in [4.78, 5) is 4.48. The number of hydrogen-bond acceptors (Lipinski definition) is 2. The van der Waals surface area contributed by atoms with Crippen LogP contribution in [0.2, 0.25) is 10.2 Å². The maximum absolute atomic E-state index is 14.0. The molecule has 0 fully saturated rings. The number of ether oxygens (including phenoxy) is 1. The summed E-state index contributed by atoms with van der Waals surface area (Å²) in [5.41, 5.74) is 3.43. The summed E-state index contributed by atoms with van der Waals surface area (Å²) in [7, 11) is 1.64. The quantitative estimate of drug-likeness (QED) is 0.381. The number of rotatable bonds is 4. The average molecular weight is 401 g/mol. The molecule has 136 valence electrons. The number of pyridine rings is 1. The minimum Gasteiger partial charge on any atom is -0.497 e. The van der Waals surface area contributed by atoms with Gasteiger partial charge in [0.15, 0.2) is 0 Å². The molecule has 2 aromatic heterocycles. The Kier molecular flexibility index (Phi) is 4.77. The van der Waals surface area contributed by atoms with Gasteiger partial charge < -0.3 is 9.30 Å². The van der Waals surface area contributed by atoms with Crippen LogP contribution >= 0.6 is 23.2 Å². The van der Waals surface area contributed by atoms with E-state index in [1.54, 1.807) is 25.3 Å². The lowest BCUT2D eigenvalue weighted by Crippen LogP contribution is -1.99. The summed E-state index contributed by atoms with van der Waals surface area (Å²) >= 11 is 11.9. The van der Waals surface area contributed by atoms with E-state index in [2.05, 4.69) is 4.98 Å². The number of aromatic nitrogens is 2. The maximum Gasteiger partial charge on any atom is 0.142 e. The molecule has 0 aliphatic carbocycles. The Bertz CT molecular complexity index is 1120. The van der Waals surface area contributed by atoms with Gasteiger partial charge in [0.1, 0.15) is 22.4 Å². The smallest absolute Gasteiger partial charge is 0.142 e. The normalized spacial score (nSPS) is 11.1. The van der Waals surface area contributed by atoms with Gasteiger partial charge in [0.25, 0.3) is 0 Å². The topological polar surface area (TPSA) is 27.1 Å². The van der Waals surface area contributed by atoms with Crippen LogP contribution < -0.4 is 4.74 Å². The zero-order valence-electron chi connectivity index (χ0n) is 14.4. The fourth-order valence-electron chi connectivity index (χ4n) is 3.08. The Balaban J connectivity index is 1.82. The van der Waals surface area contributed by atoms with Crippen molar-refractivity contribution in [3.05, 3.63) is 82.4 Å². The molecule has 0 spiro atoms. The Morgan fingerprint density at radius 2 is 1.81 bits per heavy atom. The summed E-state index contributed by atoms with van der Waals surface area (Å²) in [5.74, 6) is 0.349. The minimum absolute atomic E-state index is 0.0990. The van der Waals surface area contributed by atoms with E-state index in [0.29, 0.717) is 11.7 Å². The van der Waals surface area contributed by atoms with E-state index < -0.39 is 5.82 Å². The Morgan fingerprint density at radius 1 is 1.04 bits per heavy atom. The molecule has 0 radical (unpaired) electrons. The van der Waals surface area contributed by atoms with Gasteiger partial charge >= 0.3 is 0 Å². The molecule has 0 amide bonds. The van der Waals surface area contributed by atoms with Crippen LogP contribution in [-0.2, 0) is 6.54 Å². The fraction of sp³-hybridized carbons (Fsp3) is 0.0952. The van der Waals surface area contributed by atoms with Gasteiger partial charge in [-0.3, -0.25) is 0 Å². The SMILES string of the molecule is COc1ccc(Cn2cc(-c3ccc(Cl)c(F)c3)c3ccc(Cl)nc32)cc1. The zero-order chi connectivity index (χ0) is 19.0. The van der Waals surface area contributed by atoms with Crippen molar-refractivity contribution >= 4 is 34.2 Å². The van der Waals surface area contributed by atoms with Crippen LogP contribution in [0, 0.1) is 5.82 Å². The van der Waals surface area contributed by atoms with Crippen LogP contribution in [0.25, 0.3) is 22.2 Å².